The van der Waals surface area contributed by atoms with Crippen LogP contribution in [0.2, 0.25) is 0 Å². The average molecular weight is 504 g/mol. The van der Waals surface area contributed by atoms with E-state index in [1.807, 2.05) is 49.4 Å². The fraction of sp³-hybridized carbons (Fsp3) is 0.333. The van der Waals surface area contributed by atoms with Crippen LogP contribution in [-0.4, -0.2) is 10.9 Å². The summed E-state index contributed by atoms with van der Waals surface area (Å²) in [6.07, 6.45) is 1.11. The van der Waals surface area contributed by atoms with Crippen molar-refractivity contribution in [1.82, 2.24) is 10.3 Å². The lowest BCUT2D eigenvalue weighted by molar-refractivity contribution is -0.120. The van der Waals surface area contributed by atoms with Gasteiger partial charge in [-0.05, 0) is 52.6 Å². The second-order valence-electron chi connectivity index (χ2n) is 8.62. The van der Waals surface area contributed by atoms with Gasteiger partial charge in [0.2, 0.25) is 5.91 Å². The predicted molar refractivity (Wildman–Crippen MR) is 145 cm³/mol. The van der Waals surface area contributed by atoms with E-state index in [-0.39, 0.29) is 37.1 Å². The molecule has 0 aliphatic carbocycles. The zero-order valence-electron chi connectivity index (χ0n) is 20.1. The molecule has 7 heteroatoms. The van der Waals surface area contributed by atoms with Gasteiger partial charge >= 0.3 is 0 Å². The highest BCUT2D eigenvalue weighted by atomic mass is 35.5. The molecule has 0 fully saturated rings. The van der Waals surface area contributed by atoms with Gasteiger partial charge in [-0.25, -0.2) is 0 Å². The summed E-state index contributed by atoms with van der Waals surface area (Å²) < 4.78 is 0. The van der Waals surface area contributed by atoms with E-state index in [0.717, 1.165) is 51.2 Å². The molecule has 0 aliphatic rings. The van der Waals surface area contributed by atoms with Gasteiger partial charge in [-0.2, -0.15) is 0 Å². The number of benzene rings is 2. The number of nitrogens with zero attached hydrogens (tertiary/aromatic N) is 1. The quantitative estimate of drug-likeness (QED) is 0.388. The number of aryl methyl sites for hydroxylation is 1. The third kappa shape index (κ3) is 7.54. The average Bonchev–Trinajstić information content (AvgIpc) is 2.79. The number of carbonyl (C=O) groups is 1. The van der Waals surface area contributed by atoms with Gasteiger partial charge in [-0.3, -0.25) is 9.78 Å². The Kier molecular flexibility index (Phi) is 12.2. The van der Waals surface area contributed by atoms with Crippen LogP contribution in [0, 0.1) is 12.8 Å². The zero-order valence-corrected chi connectivity index (χ0v) is 21.8. The molecule has 0 aliphatic heterocycles. The van der Waals surface area contributed by atoms with Crippen LogP contribution >= 0.6 is 24.8 Å². The fourth-order valence-electron chi connectivity index (χ4n) is 4.01. The summed E-state index contributed by atoms with van der Waals surface area (Å²) in [5, 5.41) is 3.04. The number of hydrogen-bond donors (Lipinski definition) is 3. The largest absolute Gasteiger partial charge is 0.352 e. The van der Waals surface area contributed by atoms with E-state index in [1.54, 1.807) is 0 Å². The van der Waals surface area contributed by atoms with Crippen molar-refractivity contribution in [3.05, 3.63) is 88.2 Å². The van der Waals surface area contributed by atoms with Gasteiger partial charge in [-0.15, -0.1) is 24.8 Å². The first-order valence-corrected chi connectivity index (χ1v) is 11.2. The maximum Gasteiger partial charge on any atom is 0.224 e. The first-order valence-electron chi connectivity index (χ1n) is 11.2. The Morgan fingerprint density at radius 1 is 0.912 bits per heavy atom. The summed E-state index contributed by atoms with van der Waals surface area (Å²) in [6.45, 7) is 7.72. The van der Waals surface area contributed by atoms with E-state index in [0.29, 0.717) is 25.6 Å². The zero-order chi connectivity index (χ0) is 23.1. The van der Waals surface area contributed by atoms with Crippen molar-refractivity contribution in [2.75, 3.05) is 0 Å². The first-order chi connectivity index (χ1) is 15.4. The van der Waals surface area contributed by atoms with Gasteiger partial charge in [0, 0.05) is 31.0 Å². The summed E-state index contributed by atoms with van der Waals surface area (Å²) >= 11 is 0. The minimum atomic E-state index is -0.0295. The van der Waals surface area contributed by atoms with E-state index in [4.69, 9.17) is 16.5 Å². The molecule has 1 aromatic heterocycles. The van der Waals surface area contributed by atoms with Gasteiger partial charge in [0.25, 0.3) is 0 Å². The third-order valence-electron chi connectivity index (χ3n) is 5.65. The third-order valence-corrected chi connectivity index (χ3v) is 5.65. The van der Waals surface area contributed by atoms with E-state index in [1.165, 1.54) is 0 Å². The molecule has 1 amide bonds. The second-order valence-corrected chi connectivity index (χ2v) is 8.62. The SMILES string of the molecule is Cc1nc(CC(C)C)c(CN)c(-c2ccc(CN)cc2)c1CC(=O)NCc1ccccc1.Cl.Cl. The van der Waals surface area contributed by atoms with E-state index >= 15 is 0 Å². The van der Waals surface area contributed by atoms with Crippen molar-refractivity contribution in [2.45, 2.75) is 53.2 Å². The molecule has 34 heavy (non-hydrogen) atoms. The molecule has 0 unspecified atom stereocenters. The van der Waals surface area contributed by atoms with Crippen LogP contribution in [0.15, 0.2) is 54.6 Å². The number of nitrogens with two attached hydrogens (primary N) is 2. The van der Waals surface area contributed by atoms with Crippen LogP contribution in [0.4, 0.5) is 0 Å². The van der Waals surface area contributed by atoms with Crippen LogP contribution in [0.1, 0.15) is 47.5 Å². The van der Waals surface area contributed by atoms with Crippen LogP contribution in [0.5, 0.6) is 0 Å². The Balaban J connectivity index is 0.00000289. The van der Waals surface area contributed by atoms with Crippen molar-refractivity contribution in [2.24, 2.45) is 17.4 Å². The Morgan fingerprint density at radius 2 is 1.56 bits per heavy atom. The van der Waals surface area contributed by atoms with Gasteiger partial charge in [0.05, 0.1) is 6.42 Å². The van der Waals surface area contributed by atoms with Crippen molar-refractivity contribution in [3.8, 4) is 11.1 Å². The number of amides is 1. The van der Waals surface area contributed by atoms with Crippen LogP contribution in [-0.2, 0) is 37.3 Å². The highest BCUT2D eigenvalue weighted by Crippen LogP contribution is 2.33. The van der Waals surface area contributed by atoms with Crippen molar-refractivity contribution < 1.29 is 4.79 Å². The number of carbonyl (C=O) groups excluding carboxylic acids is 1. The molecule has 3 rings (SSSR count). The number of pyridine rings is 1. The van der Waals surface area contributed by atoms with E-state index in [9.17, 15) is 4.79 Å². The first kappa shape index (κ1) is 29.6. The second kappa shape index (κ2) is 14.1. The van der Waals surface area contributed by atoms with Gasteiger partial charge in [0.1, 0.15) is 0 Å². The Hall–Kier alpha value is -2.44. The van der Waals surface area contributed by atoms with E-state index in [2.05, 4.69) is 31.3 Å². The highest BCUT2D eigenvalue weighted by Gasteiger charge is 2.21. The Labute approximate surface area is 215 Å². The van der Waals surface area contributed by atoms with Crippen LogP contribution in [0.3, 0.4) is 0 Å². The van der Waals surface area contributed by atoms with Crippen LogP contribution in [0.25, 0.3) is 11.1 Å². The lowest BCUT2D eigenvalue weighted by Gasteiger charge is -2.21. The molecule has 2 aromatic carbocycles. The minimum absolute atomic E-state index is 0. The molecule has 0 saturated heterocycles. The summed E-state index contributed by atoms with van der Waals surface area (Å²) in [4.78, 5) is 17.8. The van der Waals surface area contributed by atoms with Crippen molar-refractivity contribution in [3.63, 3.8) is 0 Å². The molecule has 5 N–H and O–H groups in total. The van der Waals surface area contributed by atoms with Gasteiger partial charge in [-0.1, -0.05) is 68.4 Å². The van der Waals surface area contributed by atoms with Crippen molar-refractivity contribution in [1.29, 1.82) is 0 Å². The maximum absolute atomic E-state index is 12.9. The number of aromatic nitrogens is 1. The molecule has 3 aromatic rings. The lowest BCUT2D eigenvalue weighted by atomic mass is 9.88. The predicted octanol–water partition coefficient (Wildman–Crippen LogP) is 4.88. The molecule has 184 valence electrons. The van der Waals surface area contributed by atoms with E-state index < -0.39 is 0 Å². The molecular weight excluding hydrogens is 467 g/mol. The van der Waals surface area contributed by atoms with Gasteiger partial charge < -0.3 is 16.8 Å². The highest BCUT2D eigenvalue weighted by molar-refractivity contribution is 5.86. The normalized spacial score (nSPS) is 10.4. The summed E-state index contributed by atoms with van der Waals surface area (Å²) in [6, 6.07) is 18.1. The molecule has 0 bridgehead atoms. The minimum Gasteiger partial charge on any atom is -0.352 e. The number of hydrogen-bond acceptors (Lipinski definition) is 4. The van der Waals surface area contributed by atoms with Gasteiger partial charge in [0.15, 0.2) is 0 Å². The summed E-state index contributed by atoms with van der Waals surface area (Å²) in [5.41, 5.74) is 20.1. The molecule has 1 heterocycles. The number of rotatable bonds is 9. The monoisotopic (exact) mass is 502 g/mol. The summed E-state index contributed by atoms with van der Waals surface area (Å²) in [5.74, 6) is 0.429. The smallest absolute Gasteiger partial charge is 0.224 e. The molecule has 5 nitrogen and oxygen atoms in total. The number of nitrogens with one attached hydrogen (secondary N) is 1. The fourth-order valence-corrected chi connectivity index (χ4v) is 4.01. The topological polar surface area (TPSA) is 94.0 Å². The number of halogens is 2. The molecule has 0 atom stereocenters. The standard InChI is InChI=1S/C27H34N4O.2ClH/c1-18(2)13-25-24(16-29)27(22-11-9-20(15-28)10-12-22)23(19(3)31-25)14-26(32)30-17-21-7-5-4-6-8-21;;/h4-12,18H,13-17,28-29H2,1-3H3,(H,30,32);2*1H. The summed E-state index contributed by atoms with van der Waals surface area (Å²) in [7, 11) is 0. The molecule has 0 radical (unpaired) electrons. The maximum atomic E-state index is 12.9. The van der Waals surface area contributed by atoms with Crippen LogP contribution < -0.4 is 16.8 Å². The lowest BCUT2D eigenvalue weighted by Crippen LogP contribution is -2.26. The molecular formula is C27H36Cl2N4O. The Bertz CT molecular complexity index is 1050. The molecule has 0 spiro atoms. The van der Waals surface area contributed by atoms with Crippen molar-refractivity contribution >= 4 is 30.7 Å². The Morgan fingerprint density at radius 3 is 2.12 bits per heavy atom. The molecule has 0 saturated carbocycles.